The molecular weight excluding hydrogens is 441 g/mol. The fourth-order valence-electron chi connectivity index (χ4n) is 3.58. The summed E-state index contributed by atoms with van der Waals surface area (Å²) in [6.45, 7) is 11.7. The quantitative estimate of drug-likeness (QED) is 0.312. The van der Waals surface area contributed by atoms with Gasteiger partial charge >= 0.3 is 0 Å². The Morgan fingerprint density at radius 3 is 2.29 bits per heavy atom. The Hall–Kier alpha value is -3.67. The van der Waals surface area contributed by atoms with Gasteiger partial charge in [-0.2, -0.15) is 0 Å². The summed E-state index contributed by atoms with van der Waals surface area (Å²) in [6.07, 6.45) is 0.809. The minimum Gasteiger partial charge on any atom is -0.484 e. The van der Waals surface area contributed by atoms with E-state index in [1.54, 1.807) is 18.2 Å². The van der Waals surface area contributed by atoms with Gasteiger partial charge in [-0.15, -0.1) is 0 Å². The molecule has 0 aromatic heterocycles. The molecule has 6 heteroatoms. The molecule has 0 radical (unpaired) electrons. The van der Waals surface area contributed by atoms with Gasteiger partial charge in [-0.05, 0) is 79.9 Å². The summed E-state index contributed by atoms with van der Waals surface area (Å²) in [5.41, 5.74) is 4.80. The molecule has 5 nitrogen and oxygen atoms in total. The average molecular weight is 476 g/mol. The molecule has 0 aliphatic rings. The molecule has 0 unspecified atom stereocenters. The summed E-state index contributed by atoms with van der Waals surface area (Å²) in [7, 11) is 0. The number of ether oxygens (including phenoxy) is 1. The highest BCUT2D eigenvalue weighted by atomic mass is 19.1. The zero-order chi connectivity index (χ0) is 25.8. The summed E-state index contributed by atoms with van der Waals surface area (Å²) < 4.78 is 19.7. The number of aryl methyl sites for hydroxylation is 2. The van der Waals surface area contributed by atoms with Gasteiger partial charge in [-0.3, -0.25) is 4.79 Å². The molecule has 0 saturated heterocycles. The van der Waals surface area contributed by atoms with E-state index in [9.17, 15) is 9.18 Å². The van der Waals surface area contributed by atoms with Crippen molar-refractivity contribution in [1.29, 1.82) is 5.41 Å². The Bertz CT molecular complexity index is 1200. The molecule has 0 saturated carbocycles. The van der Waals surface area contributed by atoms with Crippen LogP contribution in [-0.2, 0) is 4.79 Å². The highest BCUT2D eigenvalue weighted by Gasteiger charge is 2.28. The number of carbonyl (C=O) groups is 1. The summed E-state index contributed by atoms with van der Waals surface area (Å²) in [5, 5.41) is 14.2. The van der Waals surface area contributed by atoms with Crippen LogP contribution >= 0.6 is 0 Å². The standard InChI is InChI=1S/C29H34FN3O2/c1-18-7-8-21(15-19(18)2)27(20(3)32-28(34)29(4,5)6)35-25-13-14-26(22(16-25)17-31)33-24-11-9-23(30)10-12-24/h7-17,20,27,31,33H,1-6H3,(H,32,34)/t20-,27-/m0/s1. The van der Waals surface area contributed by atoms with E-state index in [0.717, 1.165) is 16.8 Å². The topological polar surface area (TPSA) is 74.2 Å². The molecule has 184 valence electrons. The van der Waals surface area contributed by atoms with Crippen LogP contribution in [0.25, 0.3) is 0 Å². The van der Waals surface area contributed by atoms with Crippen LogP contribution in [0.15, 0.2) is 60.7 Å². The van der Waals surface area contributed by atoms with E-state index in [0.29, 0.717) is 17.0 Å². The molecule has 0 aliphatic heterocycles. The average Bonchev–Trinajstić information content (AvgIpc) is 2.80. The summed E-state index contributed by atoms with van der Waals surface area (Å²) in [5.74, 6) is 0.214. The lowest BCUT2D eigenvalue weighted by molar-refractivity contribution is -0.129. The molecule has 3 N–H and O–H groups in total. The van der Waals surface area contributed by atoms with Gasteiger partial charge in [-0.25, -0.2) is 4.39 Å². The number of carbonyl (C=O) groups excluding carboxylic acids is 1. The molecule has 2 atom stereocenters. The van der Waals surface area contributed by atoms with Crippen molar-refractivity contribution in [2.75, 3.05) is 5.32 Å². The van der Waals surface area contributed by atoms with Crippen LogP contribution in [0.5, 0.6) is 5.75 Å². The molecule has 0 bridgehead atoms. The minimum absolute atomic E-state index is 0.0542. The van der Waals surface area contributed by atoms with Gasteiger partial charge in [0.2, 0.25) is 5.91 Å². The minimum atomic E-state index is -0.525. The number of benzene rings is 3. The van der Waals surface area contributed by atoms with Crippen LogP contribution in [0.1, 0.15) is 56.1 Å². The highest BCUT2D eigenvalue weighted by molar-refractivity contribution is 5.88. The van der Waals surface area contributed by atoms with Crippen molar-refractivity contribution in [3.8, 4) is 5.75 Å². The largest absolute Gasteiger partial charge is 0.484 e. The second-order valence-electron chi connectivity index (χ2n) is 9.92. The molecule has 0 fully saturated rings. The summed E-state index contributed by atoms with van der Waals surface area (Å²) in [4.78, 5) is 12.7. The Labute approximate surface area is 207 Å². The molecule has 1 amide bonds. The monoisotopic (exact) mass is 475 g/mol. The fraction of sp³-hybridized carbons (Fsp3) is 0.310. The van der Waals surface area contributed by atoms with E-state index in [-0.39, 0.29) is 17.8 Å². The number of anilines is 2. The maximum Gasteiger partial charge on any atom is 0.225 e. The number of hydrogen-bond acceptors (Lipinski definition) is 4. The molecule has 3 aromatic carbocycles. The van der Waals surface area contributed by atoms with Crippen molar-refractivity contribution < 1.29 is 13.9 Å². The molecule has 3 aromatic rings. The van der Waals surface area contributed by atoms with Gasteiger partial charge in [0.05, 0.1) is 6.04 Å². The second-order valence-corrected chi connectivity index (χ2v) is 9.92. The third-order valence-corrected chi connectivity index (χ3v) is 5.92. The van der Waals surface area contributed by atoms with Gasteiger partial charge < -0.3 is 20.8 Å². The Morgan fingerprint density at radius 1 is 1.00 bits per heavy atom. The van der Waals surface area contributed by atoms with E-state index in [1.165, 1.54) is 23.9 Å². The van der Waals surface area contributed by atoms with Crippen LogP contribution < -0.4 is 15.4 Å². The van der Waals surface area contributed by atoms with E-state index < -0.39 is 11.5 Å². The molecule has 0 aliphatic carbocycles. The lowest BCUT2D eigenvalue weighted by atomic mass is 9.93. The third kappa shape index (κ3) is 6.69. The van der Waals surface area contributed by atoms with Crippen molar-refractivity contribution in [1.82, 2.24) is 5.32 Å². The summed E-state index contributed by atoms with van der Waals surface area (Å²) >= 11 is 0. The van der Waals surface area contributed by atoms with Gasteiger partial charge in [0, 0.05) is 28.6 Å². The SMILES string of the molecule is Cc1ccc([C@@H](Oc2ccc(Nc3ccc(F)cc3)c(C=N)c2)[C@H](C)NC(=O)C(C)(C)C)cc1C. The van der Waals surface area contributed by atoms with E-state index in [2.05, 4.69) is 36.6 Å². The van der Waals surface area contributed by atoms with Crippen molar-refractivity contribution in [2.24, 2.45) is 5.41 Å². The Kier molecular flexibility index (Phi) is 7.95. The molecule has 35 heavy (non-hydrogen) atoms. The number of hydrogen-bond donors (Lipinski definition) is 3. The van der Waals surface area contributed by atoms with Crippen LogP contribution in [0.3, 0.4) is 0 Å². The first-order valence-corrected chi connectivity index (χ1v) is 11.7. The van der Waals surface area contributed by atoms with Gasteiger partial charge in [0.15, 0.2) is 0 Å². The van der Waals surface area contributed by atoms with Crippen LogP contribution in [0.2, 0.25) is 0 Å². The molecule has 0 heterocycles. The predicted molar refractivity (Wildman–Crippen MR) is 140 cm³/mol. The van der Waals surface area contributed by atoms with Crippen molar-refractivity contribution >= 4 is 23.5 Å². The van der Waals surface area contributed by atoms with E-state index in [4.69, 9.17) is 10.1 Å². The van der Waals surface area contributed by atoms with Crippen molar-refractivity contribution in [3.63, 3.8) is 0 Å². The number of halogens is 1. The number of nitrogens with one attached hydrogen (secondary N) is 3. The van der Waals surface area contributed by atoms with Crippen molar-refractivity contribution in [3.05, 3.63) is 88.7 Å². The van der Waals surface area contributed by atoms with Gasteiger partial charge in [0.25, 0.3) is 0 Å². The first-order chi connectivity index (χ1) is 16.5. The maximum atomic E-state index is 13.2. The first kappa shape index (κ1) is 25.9. The Morgan fingerprint density at radius 2 is 1.69 bits per heavy atom. The van der Waals surface area contributed by atoms with Crippen LogP contribution in [0.4, 0.5) is 15.8 Å². The molecule has 0 spiro atoms. The van der Waals surface area contributed by atoms with E-state index in [1.807, 2.05) is 45.9 Å². The Balaban J connectivity index is 1.90. The maximum absolute atomic E-state index is 13.2. The fourth-order valence-corrected chi connectivity index (χ4v) is 3.58. The van der Waals surface area contributed by atoms with Crippen molar-refractivity contribution in [2.45, 2.75) is 53.7 Å². The van der Waals surface area contributed by atoms with E-state index >= 15 is 0 Å². The zero-order valence-electron chi connectivity index (χ0n) is 21.2. The normalized spacial score (nSPS) is 13.0. The second kappa shape index (κ2) is 10.7. The summed E-state index contributed by atoms with van der Waals surface area (Å²) in [6, 6.07) is 17.3. The van der Waals surface area contributed by atoms with Crippen LogP contribution in [0, 0.1) is 30.5 Å². The molecule has 3 rings (SSSR count). The highest BCUT2D eigenvalue weighted by Crippen LogP contribution is 2.30. The number of amides is 1. The van der Waals surface area contributed by atoms with Crippen LogP contribution in [-0.4, -0.2) is 18.2 Å². The van der Waals surface area contributed by atoms with Gasteiger partial charge in [0.1, 0.15) is 17.7 Å². The lowest BCUT2D eigenvalue weighted by Gasteiger charge is -2.29. The molecular formula is C29H34FN3O2. The first-order valence-electron chi connectivity index (χ1n) is 11.7. The predicted octanol–water partition coefficient (Wildman–Crippen LogP) is 6.85. The smallest absolute Gasteiger partial charge is 0.225 e. The lowest BCUT2D eigenvalue weighted by Crippen LogP contribution is -2.44. The third-order valence-electron chi connectivity index (χ3n) is 5.92. The zero-order valence-corrected chi connectivity index (χ0v) is 21.2. The van der Waals surface area contributed by atoms with Gasteiger partial charge in [-0.1, -0.05) is 39.0 Å². The number of rotatable bonds is 8.